The summed E-state index contributed by atoms with van der Waals surface area (Å²) in [6.07, 6.45) is 0. The van der Waals surface area contributed by atoms with E-state index in [1.807, 2.05) is 20.8 Å². The summed E-state index contributed by atoms with van der Waals surface area (Å²) in [6.45, 7) is 7.60. The van der Waals surface area contributed by atoms with Crippen molar-refractivity contribution in [1.82, 2.24) is 14.5 Å². The lowest BCUT2D eigenvalue weighted by Gasteiger charge is -2.13. The van der Waals surface area contributed by atoms with Crippen LogP contribution < -0.4 is 0 Å². The Morgan fingerprint density at radius 1 is 1.28 bits per heavy atom. The summed E-state index contributed by atoms with van der Waals surface area (Å²) in [4.78, 5) is 4.05. The fourth-order valence-electron chi connectivity index (χ4n) is 1.28. The Hall–Kier alpha value is -1.83. The van der Waals surface area contributed by atoms with Crippen molar-refractivity contribution in [1.29, 1.82) is 0 Å². The van der Waals surface area contributed by atoms with Crippen LogP contribution in [0.4, 0.5) is 10.8 Å². The van der Waals surface area contributed by atoms with Crippen molar-refractivity contribution in [3.05, 3.63) is 11.5 Å². The van der Waals surface area contributed by atoms with E-state index < -0.39 is 0 Å². The van der Waals surface area contributed by atoms with Gasteiger partial charge in [0, 0.05) is 16.9 Å². The number of azo groups is 1. The number of aromatic hydroxyl groups is 1. The van der Waals surface area contributed by atoms with Gasteiger partial charge in [0.05, 0.1) is 0 Å². The van der Waals surface area contributed by atoms with Gasteiger partial charge in [0.2, 0.25) is 5.13 Å². The summed E-state index contributed by atoms with van der Waals surface area (Å²) >= 11 is 1.14. The first-order valence-electron chi connectivity index (χ1n) is 5.29. The van der Waals surface area contributed by atoms with Crippen LogP contribution in [0.3, 0.4) is 0 Å². The van der Waals surface area contributed by atoms with E-state index in [0.29, 0.717) is 16.6 Å². The molecule has 18 heavy (non-hydrogen) atoms. The maximum Gasteiger partial charge on any atom is 0.337 e. The van der Waals surface area contributed by atoms with Gasteiger partial charge in [0.1, 0.15) is 11.5 Å². The van der Waals surface area contributed by atoms with Crippen molar-refractivity contribution in [2.75, 3.05) is 0 Å². The van der Waals surface area contributed by atoms with E-state index in [-0.39, 0.29) is 17.0 Å². The highest BCUT2D eigenvalue weighted by atomic mass is 32.1. The molecule has 0 fully saturated rings. The van der Waals surface area contributed by atoms with E-state index in [2.05, 4.69) is 24.7 Å². The predicted molar refractivity (Wildman–Crippen MR) is 65.7 cm³/mol. The summed E-state index contributed by atoms with van der Waals surface area (Å²) in [5, 5.41) is 21.6. The molecule has 7 nitrogen and oxygen atoms in total. The molecule has 8 heteroatoms. The Balaban J connectivity index is 2.34. The van der Waals surface area contributed by atoms with Crippen LogP contribution in [0.1, 0.15) is 32.3 Å². The monoisotopic (exact) mass is 267 g/mol. The van der Waals surface area contributed by atoms with Crippen molar-refractivity contribution in [3.8, 4) is 5.95 Å². The van der Waals surface area contributed by atoms with Gasteiger partial charge in [-0.25, -0.2) is 4.98 Å². The zero-order chi connectivity index (χ0) is 13.3. The topological polar surface area (TPSA) is 96.8 Å². The predicted octanol–water partition coefficient (Wildman–Crippen LogP) is 3.25. The highest BCUT2D eigenvalue weighted by Crippen LogP contribution is 2.38. The van der Waals surface area contributed by atoms with E-state index in [4.69, 9.17) is 4.52 Å². The van der Waals surface area contributed by atoms with Crippen LogP contribution in [0.5, 0.6) is 5.95 Å². The molecule has 0 aliphatic rings. The lowest BCUT2D eigenvalue weighted by atomic mass is 9.91. The van der Waals surface area contributed by atoms with Gasteiger partial charge >= 0.3 is 5.95 Å². The van der Waals surface area contributed by atoms with Gasteiger partial charge in [-0.1, -0.05) is 25.9 Å². The van der Waals surface area contributed by atoms with Crippen molar-refractivity contribution >= 4 is 22.4 Å². The first-order chi connectivity index (χ1) is 8.38. The van der Waals surface area contributed by atoms with Crippen LogP contribution in [0.25, 0.3) is 0 Å². The van der Waals surface area contributed by atoms with Gasteiger partial charge in [0.25, 0.3) is 0 Å². The first kappa shape index (κ1) is 12.6. The molecule has 2 aromatic rings. The SMILES string of the molecule is Cc1nsc(N=Nc2c(C(C)(C)C)noc2O)n1. The molecule has 96 valence electrons. The Kier molecular flexibility index (Phi) is 3.12. The third kappa shape index (κ3) is 2.53. The van der Waals surface area contributed by atoms with Crippen molar-refractivity contribution in [2.24, 2.45) is 10.2 Å². The number of nitrogens with zero attached hydrogens (tertiary/aromatic N) is 5. The van der Waals surface area contributed by atoms with Gasteiger partial charge < -0.3 is 9.63 Å². The number of hydrogen-bond acceptors (Lipinski definition) is 8. The molecule has 0 unspecified atom stereocenters. The van der Waals surface area contributed by atoms with E-state index in [1.165, 1.54) is 0 Å². The van der Waals surface area contributed by atoms with E-state index in [1.54, 1.807) is 6.92 Å². The van der Waals surface area contributed by atoms with Crippen molar-refractivity contribution in [2.45, 2.75) is 33.1 Å². The van der Waals surface area contributed by atoms with Crippen molar-refractivity contribution in [3.63, 3.8) is 0 Å². The van der Waals surface area contributed by atoms with E-state index in [9.17, 15) is 5.11 Å². The Morgan fingerprint density at radius 2 is 2.00 bits per heavy atom. The fraction of sp³-hybridized carbons (Fsp3) is 0.500. The van der Waals surface area contributed by atoms with E-state index in [0.717, 1.165) is 11.5 Å². The lowest BCUT2D eigenvalue weighted by Crippen LogP contribution is -2.11. The molecule has 0 radical (unpaired) electrons. The molecular formula is C10H13N5O2S. The molecule has 0 aliphatic carbocycles. The molecule has 0 atom stereocenters. The fourth-order valence-corrected chi connectivity index (χ4v) is 1.78. The molecule has 0 bridgehead atoms. The first-order valence-corrected chi connectivity index (χ1v) is 6.06. The molecule has 0 amide bonds. The van der Waals surface area contributed by atoms with Gasteiger partial charge in [-0.3, -0.25) is 0 Å². The summed E-state index contributed by atoms with van der Waals surface area (Å²) < 4.78 is 8.72. The molecule has 2 aromatic heterocycles. The number of aryl methyl sites for hydroxylation is 1. The standard InChI is InChI=1S/C10H13N5O2S/c1-5-11-9(18-15-5)13-12-6-7(10(2,3)4)14-17-8(6)16/h16H,1-4H3. The minimum absolute atomic E-state index is 0.232. The minimum atomic E-state index is -0.343. The molecule has 2 heterocycles. The highest BCUT2D eigenvalue weighted by Gasteiger charge is 2.26. The molecule has 0 saturated heterocycles. The maximum atomic E-state index is 9.56. The Morgan fingerprint density at radius 3 is 2.56 bits per heavy atom. The molecule has 0 saturated carbocycles. The maximum absolute atomic E-state index is 9.56. The van der Waals surface area contributed by atoms with Crippen LogP contribution in [0, 0.1) is 6.92 Å². The van der Waals surface area contributed by atoms with Crippen molar-refractivity contribution < 1.29 is 9.63 Å². The van der Waals surface area contributed by atoms with Gasteiger partial charge in [0.15, 0.2) is 5.69 Å². The zero-order valence-electron chi connectivity index (χ0n) is 10.5. The average Bonchev–Trinajstić information content (AvgIpc) is 2.81. The van der Waals surface area contributed by atoms with Gasteiger partial charge in [-0.15, -0.1) is 10.2 Å². The largest absolute Gasteiger partial charge is 0.478 e. The van der Waals surface area contributed by atoms with Crippen LogP contribution in [-0.4, -0.2) is 19.6 Å². The number of rotatable bonds is 2. The Bertz CT molecular complexity index is 581. The second-order valence-electron chi connectivity index (χ2n) is 4.76. The Labute approximate surface area is 108 Å². The van der Waals surface area contributed by atoms with Gasteiger partial charge in [-0.05, 0) is 6.92 Å². The zero-order valence-corrected chi connectivity index (χ0v) is 11.3. The third-order valence-corrected chi connectivity index (χ3v) is 2.80. The van der Waals surface area contributed by atoms with E-state index >= 15 is 0 Å². The quantitative estimate of drug-likeness (QED) is 0.842. The van der Waals surface area contributed by atoms with Crippen LogP contribution in [0.15, 0.2) is 14.8 Å². The summed E-state index contributed by atoms with van der Waals surface area (Å²) in [6, 6.07) is 0. The molecule has 2 rings (SSSR count). The molecule has 0 spiro atoms. The van der Waals surface area contributed by atoms with Gasteiger partial charge in [-0.2, -0.15) is 4.37 Å². The third-order valence-electron chi connectivity index (χ3n) is 2.11. The summed E-state index contributed by atoms with van der Waals surface area (Å²) in [5.74, 6) is 0.296. The molecule has 0 aliphatic heterocycles. The van der Waals surface area contributed by atoms with Crippen LogP contribution in [0.2, 0.25) is 0 Å². The lowest BCUT2D eigenvalue weighted by molar-refractivity contribution is 0.273. The molecular weight excluding hydrogens is 254 g/mol. The summed E-state index contributed by atoms with van der Waals surface area (Å²) in [7, 11) is 0. The van der Waals surface area contributed by atoms with Crippen LogP contribution in [-0.2, 0) is 5.41 Å². The van der Waals surface area contributed by atoms with Crippen LogP contribution >= 0.6 is 11.5 Å². The normalized spacial score (nSPS) is 12.4. The minimum Gasteiger partial charge on any atom is -0.478 e. The smallest absolute Gasteiger partial charge is 0.337 e. The second kappa shape index (κ2) is 4.45. The second-order valence-corrected chi connectivity index (χ2v) is 5.49. The molecule has 0 aromatic carbocycles. The number of aromatic nitrogens is 3. The molecule has 1 N–H and O–H groups in total. The summed E-state index contributed by atoms with van der Waals surface area (Å²) in [5.41, 5.74) is 0.482. The average molecular weight is 267 g/mol. The number of hydrogen-bond donors (Lipinski definition) is 1. The highest BCUT2D eigenvalue weighted by molar-refractivity contribution is 7.09.